The Kier molecular flexibility index (Phi) is 8.78. The molecule has 10 nitrogen and oxygen atoms in total. The van der Waals surface area contributed by atoms with E-state index in [-0.39, 0.29) is 24.7 Å². The van der Waals surface area contributed by atoms with Crippen LogP contribution in [0.15, 0.2) is 30.5 Å². The molecule has 0 fully saturated rings. The predicted molar refractivity (Wildman–Crippen MR) is 125 cm³/mol. The number of hydrogen-bond acceptors (Lipinski definition) is 7. The van der Waals surface area contributed by atoms with Crippen molar-refractivity contribution in [1.29, 1.82) is 0 Å². The maximum absolute atomic E-state index is 13.1. The molecule has 1 aromatic carbocycles. The average Bonchev–Trinajstić information content (AvgIpc) is 3.15. The van der Waals surface area contributed by atoms with Gasteiger partial charge in [-0.15, -0.1) is 0 Å². The Morgan fingerprint density at radius 3 is 2.31 bits per heavy atom. The van der Waals surface area contributed by atoms with Gasteiger partial charge in [0.2, 0.25) is 0 Å². The molecule has 0 radical (unpaired) electrons. The van der Waals surface area contributed by atoms with Crippen molar-refractivity contribution in [2.24, 2.45) is 0 Å². The summed E-state index contributed by atoms with van der Waals surface area (Å²) in [5.74, 6) is -1.32. The van der Waals surface area contributed by atoms with Gasteiger partial charge in [-0.3, -0.25) is 4.90 Å². The van der Waals surface area contributed by atoms with Crippen molar-refractivity contribution < 1.29 is 27.4 Å². The number of benzene rings is 1. The molecule has 0 unspecified atom stereocenters. The Bertz CT molecular complexity index is 1050. The molecule has 0 bridgehead atoms. The summed E-state index contributed by atoms with van der Waals surface area (Å²) in [4.78, 5) is 25.9. The van der Waals surface area contributed by atoms with Crippen LogP contribution in [0.5, 0.6) is 0 Å². The van der Waals surface area contributed by atoms with Gasteiger partial charge in [-0.2, -0.15) is 13.2 Å². The fraction of sp³-hybridized carbons (Fsp3) is 0.571. The second kappa shape index (κ2) is 10.8. The van der Waals surface area contributed by atoms with E-state index < -0.39 is 41.7 Å². The second-order valence-electron chi connectivity index (χ2n) is 9.69. The van der Waals surface area contributed by atoms with E-state index in [0.29, 0.717) is 18.7 Å². The highest BCUT2D eigenvalue weighted by Crippen LogP contribution is 2.36. The number of rotatable bonds is 11. The van der Waals surface area contributed by atoms with Crippen LogP contribution in [-0.4, -0.2) is 52.3 Å². The summed E-state index contributed by atoms with van der Waals surface area (Å²) in [6.07, 6.45) is -3.50. The fourth-order valence-electron chi connectivity index (χ4n) is 3.06. The minimum absolute atomic E-state index is 0.0177. The maximum atomic E-state index is 13.1. The van der Waals surface area contributed by atoms with E-state index in [0.717, 1.165) is 22.9 Å². The number of halogens is 3. The van der Waals surface area contributed by atoms with Crippen LogP contribution in [0.2, 0.25) is 18.1 Å². The molecule has 0 N–H and O–H groups in total. The molecule has 0 aliphatic heterocycles. The standard InChI is InChI=1S/C21H30F3N5O5Si/c1-20(2,3)35(4,5)34-12-11-26(14-16-7-6-8-17(13-16)21(22,23)24)9-10-27-15-18(28(30)31)25-19(27)29(32)33/h6-8,13,15H,9-12,14H2,1-5H3. The zero-order chi connectivity index (χ0) is 26.6. The largest absolute Gasteiger partial charge is 0.439 e. The Morgan fingerprint density at radius 2 is 1.77 bits per heavy atom. The van der Waals surface area contributed by atoms with Crippen LogP contribution < -0.4 is 0 Å². The Balaban J connectivity index is 2.22. The lowest BCUT2D eigenvalue weighted by Gasteiger charge is -2.36. The SMILES string of the molecule is CC(C)(C)[Si](C)(C)OCCN(CCn1cc([N+](=O)[O-])nc1[N+](=O)[O-])Cc1cccc(C(F)(F)F)c1. The summed E-state index contributed by atoms with van der Waals surface area (Å²) in [6.45, 7) is 11.4. The zero-order valence-electron chi connectivity index (χ0n) is 20.3. The third-order valence-corrected chi connectivity index (χ3v) is 10.6. The number of hydrogen-bond donors (Lipinski definition) is 0. The van der Waals surface area contributed by atoms with Gasteiger partial charge in [0.15, 0.2) is 14.5 Å². The third-order valence-electron chi connectivity index (χ3n) is 6.09. The second-order valence-corrected chi connectivity index (χ2v) is 14.5. The number of nitrogens with zero attached hydrogens (tertiary/aromatic N) is 5. The van der Waals surface area contributed by atoms with Gasteiger partial charge in [0.05, 0.1) is 12.1 Å². The molecule has 1 aromatic heterocycles. The molecule has 0 saturated carbocycles. The molecule has 0 aliphatic rings. The van der Waals surface area contributed by atoms with Gasteiger partial charge < -0.3 is 24.7 Å². The molecule has 0 aliphatic carbocycles. The summed E-state index contributed by atoms with van der Waals surface area (Å²) >= 11 is 0. The van der Waals surface area contributed by atoms with Gasteiger partial charge in [-0.25, -0.2) is 4.57 Å². The Morgan fingerprint density at radius 1 is 1.11 bits per heavy atom. The predicted octanol–water partition coefficient (Wildman–Crippen LogP) is 5.24. The maximum Gasteiger partial charge on any atom is 0.439 e. The van der Waals surface area contributed by atoms with Crippen LogP contribution in [0.4, 0.5) is 24.9 Å². The quantitative estimate of drug-likeness (QED) is 0.227. The van der Waals surface area contributed by atoms with E-state index >= 15 is 0 Å². The van der Waals surface area contributed by atoms with Crippen LogP contribution in [0, 0.1) is 20.2 Å². The molecule has 14 heteroatoms. The van der Waals surface area contributed by atoms with E-state index in [1.165, 1.54) is 6.07 Å². The van der Waals surface area contributed by atoms with Crippen molar-refractivity contribution in [2.75, 3.05) is 19.7 Å². The summed E-state index contributed by atoms with van der Waals surface area (Å²) in [5, 5.41) is 22.2. The normalized spacial score (nSPS) is 12.8. The molecule has 1 heterocycles. The van der Waals surface area contributed by atoms with Crippen molar-refractivity contribution in [1.82, 2.24) is 14.5 Å². The van der Waals surface area contributed by atoms with E-state index in [1.54, 1.807) is 11.0 Å². The van der Waals surface area contributed by atoms with Crippen molar-refractivity contribution >= 4 is 20.1 Å². The fourth-order valence-corrected chi connectivity index (χ4v) is 4.10. The van der Waals surface area contributed by atoms with E-state index in [4.69, 9.17) is 4.43 Å². The van der Waals surface area contributed by atoms with Crippen LogP contribution >= 0.6 is 0 Å². The summed E-state index contributed by atoms with van der Waals surface area (Å²) in [5.41, 5.74) is -0.355. The first-order valence-corrected chi connectivity index (χ1v) is 13.8. The molecular weight excluding hydrogens is 487 g/mol. The van der Waals surface area contributed by atoms with Gasteiger partial charge in [0.25, 0.3) is 0 Å². The molecule has 0 saturated heterocycles. The molecule has 2 aromatic rings. The molecule has 194 valence electrons. The molecule has 35 heavy (non-hydrogen) atoms. The number of imidazole rings is 1. The summed E-state index contributed by atoms with van der Waals surface area (Å²) in [7, 11) is -2.07. The van der Waals surface area contributed by atoms with Crippen molar-refractivity contribution in [2.45, 2.75) is 58.2 Å². The topological polar surface area (TPSA) is 117 Å². The highest BCUT2D eigenvalue weighted by atomic mass is 28.4. The van der Waals surface area contributed by atoms with Gasteiger partial charge >= 0.3 is 17.9 Å². The van der Waals surface area contributed by atoms with Crippen LogP contribution in [0.1, 0.15) is 31.9 Å². The molecular formula is C21H30F3N5O5Si. The van der Waals surface area contributed by atoms with Crippen molar-refractivity contribution in [3.63, 3.8) is 0 Å². The first kappa shape index (κ1) is 28.4. The van der Waals surface area contributed by atoms with Crippen LogP contribution in [0.25, 0.3) is 0 Å². The smallest absolute Gasteiger partial charge is 0.416 e. The number of nitro groups is 2. The van der Waals surface area contributed by atoms with Crippen LogP contribution in [0.3, 0.4) is 0 Å². The minimum Gasteiger partial charge on any atom is -0.416 e. The van der Waals surface area contributed by atoms with Gasteiger partial charge in [-0.05, 0) is 44.6 Å². The first-order valence-electron chi connectivity index (χ1n) is 10.9. The third kappa shape index (κ3) is 7.83. The van der Waals surface area contributed by atoms with Crippen LogP contribution in [-0.2, 0) is 23.7 Å². The average molecular weight is 518 g/mol. The molecule has 0 spiro atoms. The molecule has 2 rings (SSSR count). The number of alkyl halides is 3. The van der Waals surface area contributed by atoms with Crippen molar-refractivity contribution in [3.05, 3.63) is 61.8 Å². The zero-order valence-corrected chi connectivity index (χ0v) is 21.3. The lowest BCUT2D eigenvalue weighted by Crippen LogP contribution is -2.43. The van der Waals surface area contributed by atoms with Gasteiger partial charge in [0.1, 0.15) is 0 Å². The van der Waals surface area contributed by atoms with E-state index in [1.807, 2.05) is 0 Å². The van der Waals surface area contributed by atoms with Gasteiger partial charge in [0, 0.05) is 26.2 Å². The highest BCUT2D eigenvalue weighted by molar-refractivity contribution is 6.74. The summed E-state index contributed by atoms with van der Waals surface area (Å²) in [6, 6.07) is 4.95. The van der Waals surface area contributed by atoms with E-state index in [2.05, 4.69) is 38.8 Å². The lowest BCUT2D eigenvalue weighted by molar-refractivity contribution is -0.403. The highest BCUT2D eigenvalue weighted by Gasteiger charge is 2.37. The lowest BCUT2D eigenvalue weighted by atomic mass is 10.1. The Hall–Kier alpha value is -2.84. The van der Waals surface area contributed by atoms with Gasteiger partial charge in [-0.1, -0.05) is 39.0 Å². The molecule has 0 amide bonds. The monoisotopic (exact) mass is 517 g/mol. The first-order chi connectivity index (χ1) is 16.0. The number of aromatic nitrogens is 2. The van der Waals surface area contributed by atoms with Crippen molar-refractivity contribution in [3.8, 4) is 0 Å². The Labute approximate surface area is 202 Å². The van der Waals surface area contributed by atoms with E-state index in [9.17, 15) is 33.4 Å². The summed E-state index contributed by atoms with van der Waals surface area (Å²) < 4.78 is 46.7. The molecule has 0 atom stereocenters. The minimum atomic E-state index is -4.48.